The molecule has 6 heteroatoms. The Labute approximate surface area is 150 Å². The van der Waals surface area contributed by atoms with Crippen molar-refractivity contribution in [3.63, 3.8) is 0 Å². The Balaban J connectivity index is 1.55. The summed E-state index contributed by atoms with van der Waals surface area (Å²) in [6.07, 6.45) is 2.15. The molecule has 1 unspecified atom stereocenters. The Kier molecular flexibility index (Phi) is 4.16. The fraction of sp³-hybridized carbons (Fsp3) is 0.200. The summed E-state index contributed by atoms with van der Waals surface area (Å²) in [7, 11) is 0. The van der Waals surface area contributed by atoms with Crippen LogP contribution in [0, 0.1) is 18.7 Å². The molecule has 2 heterocycles. The maximum Gasteiger partial charge on any atom is 0.232 e. The van der Waals surface area contributed by atoms with E-state index in [-0.39, 0.29) is 24.2 Å². The van der Waals surface area contributed by atoms with Crippen molar-refractivity contribution in [3.05, 3.63) is 71.7 Å². The summed E-state index contributed by atoms with van der Waals surface area (Å²) in [5, 5.41) is 7.31. The molecule has 4 rings (SSSR count). The summed E-state index contributed by atoms with van der Waals surface area (Å²) in [5.74, 6) is 0.391. The number of aromatic nitrogens is 2. The number of amides is 1. The van der Waals surface area contributed by atoms with Gasteiger partial charge in [0.15, 0.2) is 0 Å². The minimum absolute atomic E-state index is 0.166. The molecule has 1 aliphatic heterocycles. The number of benzene rings is 2. The van der Waals surface area contributed by atoms with E-state index in [0.29, 0.717) is 23.6 Å². The van der Waals surface area contributed by atoms with E-state index in [1.165, 1.54) is 12.1 Å². The molecule has 1 aromatic heterocycles. The molecule has 26 heavy (non-hydrogen) atoms. The largest absolute Gasteiger partial charge is 0.492 e. The fourth-order valence-electron chi connectivity index (χ4n) is 3.10. The van der Waals surface area contributed by atoms with Crippen LogP contribution in [0.25, 0.3) is 5.69 Å². The van der Waals surface area contributed by atoms with Crippen LogP contribution in [0.1, 0.15) is 11.1 Å². The zero-order valence-corrected chi connectivity index (χ0v) is 14.3. The Morgan fingerprint density at radius 1 is 1.27 bits per heavy atom. The number of carbonyl (C=O) groups excluding carboxylic acids is 1. The summed E-state index contributed by atoms with van der Waals surface area (Å²) in [5.41, 5.74) is 2.44. The molecule has 0 fully saturated rings. The molecule has 1 atom stereocenters. The molecule has 0 spiro atoms. The first kappa shape index (κ1) is 16.3. The van der Waals surface area contributed by atoms with Gasteiger partial charge in [0.25, 0.3) is 0 Å². The highest BCUT2D eigenvalue weighted by Gasteiger charge is 2.27. The number of fused-ring (bicyclic) bond motifs is 1. The molecule has 5 nitrogen and oxygen atoms in total. The van der Waals surface area contributed by atoms with Crippen molar-refractivity contribution in [1.82, 2.24) is 9.78 Å². The van der Waals surface area contributed by atoms with E-state index in [9.17, 15) is 9.18 Å². The van der Waals surface area contributed by atoms with E-state index < -0.39 is 0 Å². The van der Waals surface area contributed by atoms with E-state index in [1.807, 2.05) is 37.3 Å². The van der Waals surface area contributed by atoms with Gasteiger partial charge in [-0.05, 0) is 49.2 Å². The number of ether oxygens (including phenoxy) is 1. The van der Waals surface area contributed by atoms with Gasteiger partial charge in [-0.25, -0.2) is 9.07 Å². The van der Waals surface area contributed by atoms with E-state index in [2.05, 4.69) is 10.4 Å². The monoisotopic (exact) mass is 351 g/mol. The average Bonchev–Trinajstić information content (AvgIpc) is 3.02. The number of hydrogen-bond donors (Lipinski definition) is 1. The van der Waals surface area contributed by atoms with Gasteiger partial charge in [-0.3, -0.25) is 4.79 Å². The summed E-state index contributed by atoms with van der Waals surface area (Å²) in [6, 6.07) is 14.0. The fourth-order valence-corrected chi connectivity index (χ4v) is 3.10. The third kappa shape index (κ3) is 3.06. The van der Waals surface area contributed by atoms with Crippen molar-refractivity contribution in [1.29, 1.82) is 0 Å². The predicted octanol–water partition coefficient (Wildman–Crippen LogP) is 3.51. The molecule has 0 radical (unpaired) electrons. The van der Waals surface area contributed by atoms with Crippen molar-refractivity contribution in [2.75, 3.05) is 11.9 Å². The lowest BCUT2D eigenvalue weighted by Crippen LogP contribution is -2.33. The third-order valence-electron chi connectivity index (χ3n) is 4.49. The molecule has 1 aliphatic rings. The lowest BCUT2D eigenvalue weighted by Gasteiger charge is -2.24. The number of carbonyl (C=O) groups is 1. The lowest BCUT2D eigenvalue weighted by atomic mass is 9.96. The first-order valence-corrected chi connectivity index (χ1v) is 8.44. The van der Waals surface area contributed by atoms with Crippen molar-refractivity contribution in [3.8, 4) is 11.4 Å². The Hall–Kier alpha value is -3.15. The molecule has 132 valence electrons. The maximum absolute atomic E-state index is 13.5. The molecule has 0 saturated heterocycles. The Morgan fingerprint density at radius 2 is 2.08 bits per heavy atom. The smallest absolute Gasteiger partial charge is 0.232 e. The minimum Gasteiger partial charge on any atom is -0.492 e. The number of nitrogens with zero attached hydrogens (tertiary/aromatic N) is 2. The molecule has 3 aromatic rings. The van der Waals surface area contributed by atoms with E-state index in [1.54, 1.807) is 16.9 Å². The second-order valence-corrected chi connectivity index (χ2v) is 6.38. The molecular weight excluding hydrogens is 333 g/mol. The van der Waals surface area contributed by atoms with Crippen LogP contribution in [0.15, 0.2) is 54.7 Å². The number of hydrogen-bond acceptors (Lipinski definition) is 3. The van der Waals surface area contributed by atoms with Crippen LogP contribution in [0.5, 0.6) is 5.75 Å². The van der Waals surface area contributed by atoms with E-state index in [4.69, 9.17) is 4.74 Å². The van der Waals surface area contributed by atoms with Crippen LogP contribution in [-0.4, -0.2) is 22.3 Å². The van der Waals surface area contributed by atoms with Crippen LogP contribution in [0.2, 0.25) is 0 Å². The summed E-state index contributed by atoms with van der Waals surface area (Å²) in [6.45, 7) is 2.16. The first-order valence-electron chi connectivity index (χ1n) is 8.44. The van der Waals surface area contributed by atoms with Crippen LogP contribution in [0.3, 0.4) is 0 Å². The van der Waals surface area contributed by atoms with Gasteiger partial charge in [0.05, 0.1) is 17.8 Å². The van der Waals surface area contributed by atoms with Gasteiger partial charge in [-0.2, -0.15) is 5.10 Å². The quantitative estimate of drug-likeness (QED) is 0.786. The van der Waals surface area contributed by atoms with E-state index >= 15 is 0 Å². The number of halogens is 1. The lowest BCUT2D eigenvalue weighted by molar-refractivity contribution is -0.121. The van der Waals surface area contributed by atoms with Gasteiger partial charge in [0, 0.05) is 5.56 Å². The third-order valence-corrected chi connectivity index (χ3v) is 4.49. The Morgan fingerprint density at radius 3 is 2.88 bits per heavy atom. The van der Waals surface area contributed by atoms with Crippen molar-refractivity contribution < 1.29 is 13.9 Å². The zero-order chi connectivity index (χ0) is 18.1. The van der Waals surface area contributed by atoms with Gasteiger partial charge in [-0.1, -0.05) is 18.2 Å². The highest BCUT2D eigenvalue weighted by Crippen LogP contribution is 2.29. The van der Waals surface area contributed by atoms with Crippen LogP contribution in [0.4, 0.5) is 10.2 Å². The molecule has 0 saturated carbocycles. The number of nitrogens with one attached hydrogen (secondary N) is 1. The standard InChI is InChI=1S/C20H18FN3O2/c1-13-11-22-24(17-5-3-2-4-6-17)19(13)23-20(25)15-9-14-10-16(21)7-8-18(14)26-12-15/h2-8,10-11,15H,9,12H2,1H3,(H,23,25). The molecule has 1 N–H and O–H groups in total. The average molecular weight is 351 g/mol. The van der Waals surface area contributed by atoms with Crippen molar-refractivity contribution in [2.24, 2.45) is 5.92 Å². The zero-order valence-electron chi connectivity index (χ0n) is 14.3. The number of anilines is 1. The van der Waals surface area contributed by atoms with Gasteiger partial charge in [0.2, 0.25) is 5.91 Å². The highest BCUT2D eigenvalue weighted by molar-refractivity contribution is 5.93. The topological polar surface area (TPSA) is 56.2 Å². The highest BCUT2D eigenvalue weighted by atomic mass is 19.1. The van der Waals surface area contributed by atoms with Crippen LogP contribution >= 0.6 is 0 Å². The number of para-hydroxylation sites is 1. The van der Waals surface area contributed by atoms with Gasteiger partial charge < -0.3 is 10.1 Å². The molecule has 0 bridgehead atoms. The predicted molar refractivity (Wildman–Crippen MR) is 96.0 cm³/mol. The maximum atomic E-state index is 13.5. The normalized spacial score (nSPS) is 15.8. The van der Waals surface area contributed by atoms with Crippen LogP contribution in [-0.2, 0) is 11.2 Å². The summed E-state index contributed by atoms with van der Waals surface area (Å²) < 4.78 is 20.8. The summed E-state index contributed by atoms with van der Waals surface area (Å²) >= 11 is 0. The Bertz CT molecular complexity index is 953. The summed E-state index contributed by atoms with van der Waals surface area (Å²) in [4.78, 5) is 12.8. The van der Waals surface area contributed by atoms with Gasteiger partial charge in [-0.15, -0.1) is 0 Å². The second kappa shape index (κ2) is 6.63. The minimum atomic E-state index is -0.386. The number of rotatable bonds is 3. The molecular formula is C20H18FN3O2. The molecule has 0 aliphatic carbocycles. The van der Waals surface area contributed by atoms with Crippen molar-refractivity contribution in [2.45, 2.75) is 13.3 Å². The molecule has 2 aromatic carbocycles. The SMILES string of the molecule is Cc1cnn(-c2ccccc2)c1NC(=O)C1COc2ccc(F)cc2C1. The second-order valence-electron chi connectivity index (χ2n) is 6.38. The number of aryl methyl sites for hydroxylation is 1. The first-order chi connectivity index (χ1) is 12.6. The van der Waals surface area contributed by atoms with E-state index in [0.717, 1.165) is 11.3 Å². The van der Waals surface area contributed by atoms with Gasteiger partial charge in [0.1, 0.15) is 24.0 Å². The van der Waals surface area contributed by atoms with Gasteiger partial charge >= 0.3 is 0 Å². The van der Waals surface area contributed by atoms with Crippen LogP contribution < -0.4 is 10.1 Å². The molecule has 1 amide bonds. The van der Waals surface area contributed by atoms with Crippen molar-refractivity contribution >= 4 is 11.7 Å².